The summed E-state index contributed by atoms with van der Waals surface area (Å²) in [5.74, 6) is -6.94. The Balaban J connectivity index is 1.24. The third-order valence-corrected chi connectivity index (χ3v) is 10.6. The Morgan fingerprint density at radius 2 is 1.53 bits per heavy atom. The monoisotopic (exact) mass is 572 g/mol. The number of esters is 3. The second-order valence-corrected chi connectivity index (χ2v) is 13.5. The topological polar surface area (TPSA) is 133 Å². The van der Waals surface area contributed by atoms with Crippen molar-refractivity contribution >= 4 is 28.0 Å². The quantitative estimate of drug-likeness (QED) is 0.221. The highest BCUT2D eigenvalue weighted by molar-refractivity contribution is 7.86. The van der Waals surface area contributed by atoms with E-state index in [2.05, 4.69) is 4.74 Å². The first-order chi connectivity index (χ1) is 17.5. The lowest BCUT2D eigenvalue weighted by atomic mass is 9.49. The maximum absolute atomic E-state index is 14.0. The van der Waals surface area contributed by atoms with E-state index in [1.807, 2.05) is 0 Å². The number of carbonyl (C=O) groups excluding carboxylic acids is 3. The summed E-state index contributed by atoms with van der Waals surface area (Å²) in [7, 11) is -6.63. The Morgan fingerprint density at radius 3 is 2.03 bits per heavy atom. The van der Waals surface area contributed by atoms with Gasteiger partial charge in [-0.25, -0.2) is 0 Å². The summed E-state index contributed by atoms with van der Waals surface area (Å²) in [5, 5.41) is -5.90. The molecule has 7 fully saturated rings. The largest absolute Gasteiger partial charge is 0.458 e. The van der Waals surface area contributed by atoms with Gasteiger partial charge in [-0.2, -0.15) is 30.4 Å². The maximum Gasteiger partial charge on any atom is 0.432 e. The fourth-order valence-electron chi connectivity index (χ4n) is 8.73. The number of fused-ring (bicyclic) bond motifs is 1. The van der Waals surface area contributed by atoms with E-state index in [1.54, 1.807) is 0 Å². The maximum atomic E-state index is 14.0. The molecule has 7 rings (SSSR count). The molecule has 15 heteroatoms. The smallest absolute Gasteiger partial charge is 0.432 e. The lowest BCUT2D eigenvalue weighted by Gasteiger charge is -2.55. The van der Waals surface area contributed by atoms with Crippen LogP contribution in [-0.2, 0) is 38.7 Å². The van der Waals surface area contributed by atoms with Crippen molar-refractivity contribution in [3.63, 3.8) is 0 Å². The van der Waals surface area contributed by atoms with Gasteiger partial charge in [0.05, 0.1) is 17.3 Å². The molecule has 0 aromatic carbocycles. The molecule has 0 amide bonds. The van der Waals surface area contributed by atoms with Gasteiger partial charge in [0.25, 0.3) is 6.10 Å². The first-order valence-corrected chi connectivity index (χ1v) is 14.0. The zero-order valence-corrected chi connectivity index (χ0v) is 20.6. The van der Waals surface area contributed by atoms with E-state index in [0.717, 1.165) is 19.3 Å². The van der Waals surface area contributed by atoms with Gasteiger partial charge in [0.1, 0.15) is 12.2 Å². The van der Waals surface area contributed by atoms with Gasteiger partial charge in [-0.1, -0.05) is 0 Å². The fraction of sp³-hybridized carbons (Fsp3) is 0.870. The summed E-state index contributed by atoms with van der Waals surface area (Å²) < 4.78 is 114. The van der Waals surface area contributed by atoms with E-state index in [-0.39, 0.29) is 6.42 Å². The third-order valence-electron chi connectivity index (χ3n) is 9.71. The van der Waals surface area contributed by atoms with Gasteiger partial charge in [-0.05, 0) is 62.7 Å². The molecule has 6 bridgehead atoms. The molecule has 0 aromatic heterocycles. The molecule has 38 heavy (non-hydrogen) atoms. The minimum Gasteiger partial charge on any atom is -0.458 e. The molecule has 1 saturated heterocycles. The molecule has 7 atom stereocenters. The summed E-state index contributed by atoms with van der Waals surface area (Å²) in [6.45, 7) is 0. The summed E-state index contributed by atoms with van der Waals surface area (Å²) in [6, 6.07) is 0. The van der Waals surface area contributed by atoms with Crippen molar-refractivity contribution in [2.24, 2.45) is 46.8 Å². The van der Waals surface area contributed by atoms with E-state index in [1.165, 1.54) is 0 Å². The lowest BCUT2D eigenvalue weighted by molar-refractivity contribution is -0.262. The van der Waals surface area contributed by atoms with E-state index >= 15 is 0 Å². The number of carbonyl (C=O) groups is 3. The normalized spacial score (nSPS) is 43.7. The highest BCUT2D eigenvalue weighted by Crippen LogP contribution is 2.63. The first-order valence-electron chi connectivity index (χ1n) is 12.6. The number of hydrogen-bond acceptors (Lipinski definition) is 8. The Kier molecular flexibility index (Phi) is 5.53. The fourth-order valence-corrected chi connectivity index (χ4v) is 9.19. The SMILES string of the molecule is O=C1OC2C3CC(C2OC(=O)C24CC5CC(CC(C5)C2)C4)C(C(=O)OC(C(F)(F)F)C(F)(F)S(=O)(=O)O)C13. The zero-order valence-electron chi connectivity index (χ0n) is 19.7. The molecule has 9 nitrogen and oxygen atoms in total. The Hall–Kier alpha value is -2.03. The van der Waals surface area contributed by atoms with Crippen LogP contribution >= 0.6 is 0 Å². The average molecular weight is 573 g/mol. The van der Waals surface area contributed by atoms with Gasteiger partial charge in [0.15, 0.2) is 0 Å². The van der Waals surface area contributed by atoms with Gasteiger partial charge < -0.3 is 14.2 Å². The van der Waals surface area contributed by atoms with E-state index in [4.69, 9.17) is 14.0 Å². The van der Waals surface area contributed by atoms with Gasteiger partial charge in [0.2, 0.25) is 0 Å². The van der Waals surface area contributed by atoms with Crippen LogP contribution in [0.2, 0.25) is 0 Å². The second-order valence-electron chi connectivity index (χ2n) is 12.0. The molecule has 7 aliphatic rings. The van der Waals surface area contributed by atoms with Crippen LogP contribution in [0.25, 0.3) is 0 Å². The molecule has 1 heterocycles. The Bertz CT molecular complexity index is 1150. The average Bonchev–Trinajstić information content (AvgIpc) is 3.38. The van der Waals surface area contributed by atoms with Crippen LogP contribution in [0.5, 0.6) is 0 Å². The van der Waals surface area contributed by atoms with Crippen LogP contribution in [0, 0.1) is 46.8 Å². The summed E-state index contributed by atoms with van der Waals surface area (Å²) >= 11 is 0. The molecular weight excluding hydrogens is 547 g/mol. The van der Waals surface area contributed by atoms with Crippen LogP contribution in [-0.4, -0.2) is 60.6 Å². The Morgan fingerprint density at radius 1 is 0.974 bits per heavy atom. The molecule has 6 saturated carbocycles. The number of rotatable bonds is 6. The molecular formula is C23H25F5O9S. The highest BCUT2D eigenvalue weighted by Gasteiger charge is 2.72. The summed E-state index contributed by atoms with van der Waals surface area (Å²) in [5.41, 5.74) is -0.715. The van der Waals surface area contributed by atoms with Crippen LogP contribution in [0.4, 0.5) is 22.0 Å². The molecule has 0 radical (unpaired) electrons. The van der Waals surface area contributed by atoms with E-state index in [0.29, 0.717) is 37.0 Å². The van der Waals surface area contributed by atoms with Crippen molar-refractivity contribution in [3.8, 4) is 0 Å². The molecule has 0 aromatic rings. The van der Waals surface area contributed by atoms with Crippen molar-refractivity contribution in [2.75, 3.05) is 0 Å². The zero-order chi connectivity index (χ0) is 27.6. The van der Waals surface area contributed by atoms with Crippen LogP contribution in [0.15, 0.2) is 0 Å². The predicted molar refractivity (Wildman–Crippen MR) is 111 cm³/mol. The molecule has 212 valence electrons. The van der Waals surface area contributed by atoms with Crippen molar-refractivity contribution in [3.05, 3.63) is 0 Å². The minimum atomic E-state index is -6.63. The third kappa shape index (κ3) is 3.69. The first kappa shape index (κ1) is 26.2. The van der Waals surface area contributed by atoms with Crippen LogP contribution < -0.4 is 0 Å². The van der Waals surface area contributed by atoms with Gasteiger partial charge >= 0.3 is 39.5 Å². The van der Waals surface area contributed by atoms with E-state index in [9.17, 15) is 44.8 Å². The summed E-state index contributed by atoms with van der Waals surface area (Å²) in [4.78, 5) is 38.9. The second kappa shape index (κ2) is 8.01. The van der Waals surface area contributed by atoms with Gasteiger partial charge in [0, 0.05) is 11.8 Å². The predicted octanol–water partition coefficient (Wildman–Crippen LogP) is 2.88. The standard InChI is InChI=1S/C23H25F5O9S/c24-22(25,26)19(23(27,28)38(32,33)34)37-18(30)14-12-4-11-13(14)17(29)35-15(11)16(12)36-20(31)21-5-8-1-9(6-21)3-10(2-8)7-21/h8-16,19H,1-7H2,(H,32,33,34). The molecule has 1 aliphatic heterocycles. The van der Waals surface area contributed by atoms with Crippen LogP contribution in [0.1, 0.15) is 44.9 Å². The van der Waals surface area contributed by atoms with Crippen LogP contribution in [0.3, 0.4) is 0 Å². The molecule has 0 spiro atoms. The number of ether oxygens (including phenoxy) is 3. The number of hydrogen-bond donors (Lipinski definition) is 1. The highest BCUT2D eigenvalue weighted by atomic mass is 32.2. The summed E-state index contributed by atoms with van der Waals surface area (Å²) in [6.07, 6.45) is -7.55. The van der Waals surface area contributed by atoms with Crippen molar-refractivity contribution in [1.29, 1.82) is 0 Å². The van der Waals surface area contributed by atoms with Crippen molar-refractivity contribution < 1.29 is 63.5 Å². The number of halogens is 5. The van der Waals surface area contributed by atoms with Crippen molar-refractivity contribution in [2.45, 2.75) is 74.7 Å². The molecule has 1 N–H and O–H groups in total. The van der Waals surface area contributed by atoms with Gasteiger partial charge in [-0.3, -0.25) is 18.9 Å². The van der Waals surface area contributed by atoms with Gasteiger partial charge in [-0.15, -0.1) is 0 Å². The van der Waals surface area contributed by atoms with E-state index < -0.39 is 86.9 Å². The minimum absolute atomic E-state index is 0.0467. The lowest BCUT2D eigenvalue weighted by Crippen LogP contribution is -2.54. The molecule has 7 unspecified atom stereocenters. The number of alkyl halides is 5. The Labute approximate surface area is 213 Å². The van der Waals surface area contributed by atoms with Crippen molar-refractivity contribution in [1.82, 2.24) is 0 Å². The molecule has 6 aliphatic carbocycles.